The van der Waals surface area contributed by atoms with E-state index >= 15 is 0 Å². The summed E-state index contributed by atoms with van der Waals surface area (Å²) in [5.74, 6) is 0. The van der Waals surface area contributed by atoms with Gasteiger partial charge in [-0.1, -0.05) is 0 Å². The molecule has 2 saturated heterocycles. The summed E-state index contributed by atoms with van der Waals surface area (Å²) < 4.78 is 5.62. The Morgan fingerprint density at radius 3 is 3.14 bits per heavy atom. The summed E-state index contributed by atoms with van der Waals surface area (Å²) in [6.45, 7) is 2.30. The molecule has 0 bridgehead atoms. The molecular weight excluding hydrogens is 272 g/mol. The van der Waals surface area contributed by atoms with Crippen LogP contribution in [-0.4, -0.2) is 40.0 Å². The number of hydrogen-bond donors (Lipinski definition) is 1. The van der Waals surface area contributed by atoms with Crippen LogP contribution >= 0.6 is 0 Å². The first-order chi connectivity index (χ1) is 10.2. The fourth-order valence-corrected chi connectivity index (χ4v) is 3.50. The number of benzene rings is 1. The maximum absolute atomic E-state index is 10.8. The zero-order chi connectivity index (χ0) is 14.4. The molecular formula is C14H16N4O3. The highest BCUT2D eigenvalue weighted by Crippen LogP contribution is 2.31. The largest absolute Gasteiger partial charge is 0.423 e. The van der Waals surface area contributed by atoms with E-state index in [0.717, 1.165) is 13.0 Å². The molecule has 2 unspecified atom stereocenters. The predicted octanol–water partition coefficient (Wildman–Crippen LogP) is 2.38. The van der Waals surface area contributed by atoms with Gasteiger partial charge >= 0.3 is 0 Å². The van der Waals surface area contributed by atoms with E-state index in [-0.39, 0.29) is 5.69 Å². The van der Waals surface area contributed by atoms with Crippen molar-refractivity contribution in [3.8, 4) is 0 Å². The van der Waals surface area contributed by atoms with Gasteiger partial charge in [0.25, 0.3) is 11.7 Å². The molecule has 7 nitrogen and oxygen atoms in total. The lowest BCUT2D eigenvalue weighted by Gasteiger charge is -2.20. The Morgan fingerprint density at radius 2 is 2.29 bits per heavy atom. The molecule has 21 heavy (non-hydrogen) atoms. The highest BCUT2D eigenvalue weighted by molar-refractivity contribution is 5.77. The van der Waals surface area contributed by atoms with Crippen molar-refractivity contribution in [2.24, 2.45) is 0 Å². The number of nitrogens with one attached hydrogen (secondary N) is 1. The Labute approximate surface area is 121 Å². The molecule has 0 aliphatic carbocycles. The fourth-order valence-electron chi connectivity index (χ4n) is 3.50. The van der Waals surface area contributed by atoms with Crippen LogP contribution in [0.3, 0.4) is 0 Å². The second-order valence-corrected chi connectivity index (χ2v) is 5.71. The molecule has 2 aromatic rings. The normalized spacial score (nSPS) is 25.3. The third kappa shape index (κ3) is 2.13. The lowest BCUT2D eigenvalue weighted by atomic mass is 10.1. The van der Waals surface area contributed by atoms with E-state index in [0.29, 0.717) is 29.2 Å². The van der Waals surface area contributed by atoms with Crippen molar-refractivity contribution in [3.63, 3.8) is 0 Å². The van der Waals surface area contributed by atoms with Crippen molar-refractivity contribution in [2.45, 2.75) is 31.3 Å². The van der Waals surface area contributed by atoms with Crippen LogP contribution in [0.25, 0.3) is 11.1 Å². The number of hydrogen-bond acceptors (Lipinski definition) is 6. The van der Waals surface area contributed by atoms with Gasteiger partial charge in [-0.25, -0.2) is 0 Å². The standard InChI is InChI=1S/C14H16N4O3/c19-18(20)9-3-4-11-13(8-9)21-14(16-11)15-10-5-7-17-6-1-2-12(10)17/h3-4,8,10,12H,1-2,5-7H2,(H,15,16). The van der Waals surface area contributed by atoms with Gasteiger partial charge in [-0.05, 0) is 31.9 Å². The van der Waals surface area contributed by atoms with E-state index in [4.69, 9.17) is 4.42 Å². The molecule has 1 aromatic carbocycles. The summed E-state index contributed by atoms with van der Waals surface area (Å²) in [5, 5.41) is 14.1. The third-order valence-electron chi connectivity index (χ3n) is 4.50. The number of aromatic nitrogens is 1. The number of oxazole rings is 1. The Morgan fingerprint density at radius 1 is 1.38 bits per heavy atom. The zero-order valence-electron chi connectivity index (χ0n) is 11.5. The van der Waals surface area contributed by atoms with Crippen LogP contribution in [0.5, 0.6) is 0 Å². The van der Waals surface area contributed by atoms with E-state index in [1.807, 2.05) is 0 Å². The van der Waals surface area contributed by atoms with Crippen LogP contribution in [-0.2, 0) is 0 Å². The van der Waals surface area contributed by atoms with Crippen LogP contribution in [0.15, 0.2) is 22.6 Å². The van der Waals surface area contributed by atoms with Gasteiger partial charge in [0, 0.05) is 24.7 Å². The number of nitro groups is 1. The molecule has 0 radical (unpaired) electrons. The molecule has 2 aliphatic heterocycles. The summed E-state index contributed by atoms with van der Waals surface area (Å²) in [6.07, 6.45) is 3.55. The van der Waals surface area contributed by atoms with Gasteiger partial charge in [0.2, 0.25) is 0 Å². The fraction of sp³-hybridized carbons (Fsp3) is 0.500. The molecule has 0 spiro atoms. The van der Waals surface area contributed by atoms with E-state index in [1.165, 1.54) is 31.5 Å². The van der Waals surface area contributed by atoms with Gasteiger partial charge in [0.05, 0.1) is 11.0 Å². The summed E-state index contributed by atoms with van der Waals surface area (Å²) in [5.41, 5.74) is 1.12. The Kier molecular flexibility index (Phi) is 2.81. The zero-order valence-corrected chi connectivity index (χ0v) is 11.5. The first-order valence-corrected chi connectivity index (χ1v) is 7.26. The van der Waals surface area contributed by atoms with E-state index < -0.39 is 4.92 Å². The van der Waals surface area contributed by atoms with Gasteiger partial charge in [0.1, 0.15) is 5.52 Å². The first kappa shape index (κ1) is 12.6. The van der Waals surface area contributed by atoms with Gasteiger partial charge in [-0.15, -0.1) is 0 Å². The average Bonchev–Trinajstić information content (AvgIpc) is 3.14. The molecule has 1 aromatic heterocycles. The third-order valence-corrected chi connectivity index (χ3v) is 4.50. The molecule has 0 amide bonds. The van der Waals surface area contributed by atoms with E-state index in [9.17, 15) is 10.1 Å². The second-order valence-electron chi connectivity index (χ2n) is 5.71. The maximum Gasteiger partial charge on any atom is 0.295 e. The monoisotopic (exact) mass is 288 g/mol. The summed E-state index contributed by atoms with van der Waals surface area (Å²) in [6, 6.07) is 5.88. The molecule has 2 atom stereocenters. The highest BCUT2D eigenvalue weighted by Gasteiger charge is 2.37. The smallest absolute Gasteiger partial charge is 0.295 e. The number of fused-ring (bicyclic) bond motifs is 2. The lowest BCUT2D eigenvalue weighted by Crippen LogP contribution is -2.33. The van der Waals surface area contributed by atoms with Gasteiger partial charge in [-0.3, -0.25) is 15.0 Å². The summed E-state index contributed by atoms with van der Waals surface area (Å²) in [7, 11) is 0. The Balaban J connectivity index is 1.58. The number of nitrogens with zero attached hydrogens (tertiary/aromatic N) is 3. The highest BCUT2D eigenvalue weighted by atomic mass is 16.6. The van der Waals surface area contributed by atoms with Crippen molar-refractivity contribution in [1.82, 2.24) is 9.88 Å². The van der Waals surface area contributed by atoms with Gasteiger partial charge in [-0.2, -0.15) is 4.98 Å². The minimum atomic E-state index is -0.428. The maximum atomic E-state index is 10.8. The van der Waals surface area contributed by atoms with Crippen LogP contribution in [0.2, 0.25) is 0 Å². The van der Waals surface area contributed by atoms with Crippen molar-refractivity contribution < 1.29 is 9.34 Å². The number of rotatable bonds is 3. The van der Waals surface area contributed by atoms with E-state index in [1.54, 1.807) is 6.07 Å². The van der Waals surface area contributed by atoms with Crippen LogP contribution in [0.4, 0.5) is 11.7 Å². The minimum absolute atomic E-state index is 0.0213. The number of nitro benzene ring substituents is 1. The quantitative estimate of drug-likeness (QED) is 0.689. The van der Waals surface area contributed by atoms with E-state index in [2.05, 4.69) is 15.2 Å². The van der Waals surface area contributed by atoms with Crippen molar-refractivity contribution >= 4 is 22.8 Å². The van der Waals surface area contributed by atoms with Crippen LogP contribution in [0, 0.1) is 10.1 Å². The Bertz CT molecular complexity index is 699. The molecule has 3 heterocycles. The van der Waals surface area contributed by atoms with Crippen molar-refractivity contribution in [3.05, 3.63) is 28.3 Å². The molecule has 7 heteroatoms. The number of anilines is 1. The summed E-state index contributed by atoms with van der Waals surface area (Å²) in [4.78, 5) is 17.2. The molecule has 4 rings (SSSR count). The first-order valence-electron chi connectivity index (χ1n) is 7.26. The second kappa shape index (κ2) is 4.70. The molecule has 2 aliphatic rings. The molecule has 0 saturated carbocycles. The minimum Gasteiger partial charge on any atom is -0.423 e. The molecule has 1 N–H and O–H groups in total. The van der Waals surface area contributed by atoms with Crippen LogP contribution < -0.4 is 5.32 Å². The topological polar surface area (TPSA) is 84.4 Å². The molecule has 2 fully saturated rings. The lowest BCUT2D eigenvalue weighted by molar-refractivity contribution is -0.384. The predicted molar refractivity (Wildman–Crippen MR) is 77.3 cm³/mol. The van der Waals surface area contributed by atoms with Gasteiger partial charge < -0.3 is 9.73 Å². The van der Waals surface area contributed by atoms with Crippen molar-refractivity contribution in [2.75, 3.05) is 18.4 Å². The summed E-state index contributed by atoms with van der Waals surface area (Å²) >= 11 is 0. The molecule has 110 valence electrons. The van der Waals surface area contributed by atoms with Crippen LogP contribution in [0.1, 0.15) is 19.3 Å². The number of non-ortho nitro benzene ring substituents is 1. The van der Waals surface area contributed by atoms with Gasteiger partial charge in [0.15, 0.2) is 5.58 Å². The average molecular weight is 288 g/mol. The Hall–Kier alpha value is -2.15. The van der Waals surface area contributed by atoms with Crippen molar-refractivity contribution in [1.29, 1.82) is 0 Å². The SMILES string of the molecule is O=[N+]([O-])c1ccc2nc(NC3CCN4CCCC34)oc2c1.